The normalized spacial score (nSPS) is 14.9. The van der Waals surface area contributed by atoms with Gasteiger partial charge in [-0.05, 0) is 71.8 Å². The summed E-state index contributed by atoms with van der Waals surface area (Å²) in [6.45, 7) is 4.44. The van der Waals surface area contributed by atoms with Crippen LogP contribution in [0.3, 0.4) is 0 Å². The molecular weight excluding hydrogens is 427 g/mol. The highest BCUT2D eigenvalue weighted by molar-refractivity contribution is 5.76. The van der Waals surface area contributed by atoms with Crippen LogP contribution in [0.4, 0.5) is 4.39 Å². The van der Waals surface area contributed by atoms with E-state index in [2.05, 4.69) is 68.5 Å². The van der Waals surface area contributed by atoms with Gasteiger partial charge in [0.15, 0.2) is 0 Å². The van der Waals surface area contributed by atoms with Crippen LogP contribution >= 0.6 is 0 Å². The Kier molecular flexibility index (Phi) is 8.74. The smallest absolute Gasteiger partial charge is 0.109 e. The molecule has 3 aromatic rings. The maximum atomic E-state index is 15.6. The Morgan fingerprint density at radius 2 is 1.09 bits per heavy atom. The molecule has 1 heteroatoms. The summed E-state index contributed by atoms with van der Waals surface area (Å²) < 4.78 is 15.6. The first-order valence-electron chi connectivity index (χ1n) is 13.4. The summed E-state index contributed by atoms with van der Waals surface area (Å²) in [6.07, 6.45) is 13.3. The van der Waals surface area contributed by atoms with Crippen molar-refractivity contribution in [2.75, 3.05) is 0 Å². The highest BCUT2D eigenvalue weighted by Gasteiger charge is 2.32. The van der Waals surface area contributed by atoms with Gasteiger partial charge in [-0.15, -0.1) is 0 Å². The third-order valence-corrected chi connectivity index (χ3v) is 7.43. The molecule has 0 saturated carbocycles. The lowest BCUT2D eigenvalue weighted by Gasteiger charge is -2.34. The summed E-state index contributed by atoms with van der Waals surface area (Å²) in [7, 11) is 0. The Balaban J connectivity index is 1.51. The molecule has 0 N–H and O–H groups in total. The SMILES string of the molecule is CCCc1ccc(CCC2(CCc3ccc(CCC)cc3)C=CC(c3ccccc3)=C(F)C2)cc1. The zero-order chi connectivity index (χ0) is 24.5. The summed E-state index contributed by atoms with van der Waals surface area (Å²) >= 11 is 0. The minimum Gasteiger partial charge on any atom is -0.211 e. The van der Waals surface area contributed by atoms with Crippen molar-refractivity contribution in [1.82, 2.24) is 0 Å². The van der Waals surface area contributed by atoms with Gasteiger partial charge in [-0.25, -0.2) is 4.39 Å². The van der Waals surface area contributed by atoms with Crippen LogP contribution in [-0.4, -0.2) is 0 Å². The average Bonchev–Trinajstić information content (AvgIpc) is 2.89. The van der Waals surface area contributed by atoms with Crippen LogP contribution < -0.4 is 0 Å². The van der Waals surface area contributed by atoms with E-state index in [1.807, 2.05) is 36.4 Å². The van der Waals surface area contributed by atoms with Crippen LogP contribution in [0.25, 0.3) is 5.57 Å². The van der Waals surface area contributed by atoms with Gasteiger partial charge in [-0.3, -0.25) is 0 Å². The van der Waals surface area contributed by atoms with E-state index in [-0.39, 0.29) is 11.2 Å². The fourth-order valence-electron chi connectivity index (χ4n) is 5.26. The molecular formula is C34H39F. The summed E-state index contributed by atoms with van der Waals surface area (Å²) in [5.74, 6) is 0.0234. The molecule has 0 aromatic heterocycles. The molecule has 0 spiro atoms. The lowest BCUT2D eigenvalue weighted by Crippen LogP contribution is -2.23. The number of hydrogen-bond acceptors (Lipinski definition) is 0. The van der Waals surface area contributed by atoms with E-state index in [4.69, 9.17) is 0 Å². The highest BCUT2D eigenvalue weighted by atomic mass is 19.1. The van der Waals surface area contributed by atoms with Crippen LogP contribution in [0.1, 0.15) is 73.8 Å². The molecule has 0 nitrogen and oxygen atoms in total. The van der Waals surface area contributed by atoms with Crippen molar-refractivity contribution in [2.24, 2.45) is 5.41 Å². The zero-order valence-corrected chi connectivity index (χ0v) is 21.4. The lowest BCUT2D eigenvalue weighted by molar-refractivity contribution is 0.294. The Morgan fingerprint density at radius 1 is 0.629 bits per heavy atom. The number of rotatable bonds is 11. The van der Waals surface area contributed by atoms with Gasteiger partial charge in [0.2, 0.25) is 0 Å². The molecule has 0 aliphatic heterocycles. The van der Waals surface area contributed by atoms with Crippen molar-refractivity contribution in [3.05, 3.63) is 125 Å². The highest BCUT2D eigenvalue weighted by Crippen LogP contribution is 2.44. The van der Waals surface area contributed by atoms with E-state index >= 15 is 4.39 Å². The lowest BCUT2D eigenvalue weighted by atomic mass is 9.71. The molecule has 0 heterocycles. The van der Waals surface area contributed by atoms with Crippen LogP contribution in [0.5, 0.6) is 0 Å². The number of hydrogen-bond donors (Lipinski definition) is 0. The molecule has 0 radical (unpaired) electrons. The molecule has 0 fully saturated rings. The standard InChI is InChI=1S/C34H39F/c1-3-8-27-12-16-29(17-13-27)20-23-34(24-21-30-18-14-28(9-4-2)15-19-30)25-22-32(33(35)26-34)31-10-6-5-7-11-31/h5-7,10-19,22,25H,3-4,8-9,20-21,23-24,26H2,1-2H3. The van der Waals surface area contributed by atoms with E-state index in [1.165, 1.54) is 35.1 Å². The van der Waals surface area contributed by atoms with E-state index < -0.39 is 0 Å². The Bertz CT molecular complexity index is 1060. The van der Waals surface area contributed by atoms with Crippen LogP contribution in [0.2, 0.25) is 0 Å². The van der Waals surface area contributed by atoms with Crippen molar-refractivity contribution in [2.45, 2.75) is 71.6 Å². The minimum atomic E-state index is -0.160. The number of benzene rings is 3. The van der Waals surface area contributed by atoms with Gasteiger partial charge in [0.25, 0.3) is 0 Å². The maximum absolute atomic E-state index is 15.6. The van der Waals surface area contributed by atoms with Crippen LogP contribution in [-0.2, 0) is 25.7 Å². The molecule has 35 heavy (non-hydrogen) atoms. The van der Waals surface area contributed by atoms with Gasteiger partial charge >= 0.3 is 0 Å². The maximum Gasteiger partial charge on any atom is 0.109 e. The summed E-state index contributed by atoms with van der Waals surface area (Å²) in [4.78, 5) is 0. The topological polar surface area (TPSA) is 0 Å². The largest absolute Gasteiger partial charge is 0.211 e. The fraction of sp³-hybridized carbons (Fsp3) is 0.353. The number of aryl methyl sites for hydroxylation is 4. The molecule has 0 amide bonds. The predicted octanol–water partition coefficient (Wildman–Crippen LogP) is 9.48. The molecule has 182 valence electrons. The molecule has 1 aliphatic rings. The van der Waals surface area contributed by atoms with E-state index in [9.17, 15) is 0 Å². The third kappa shape index (κ3) is 6.82. The number of allylic oxidation sites excluding steroid dienone is 4. The van der Waals surface area contributed by atoms with Crippen LogP contribution in [0, 0.1) is 5.41 Å². The molecule has 0 atom stereocenters. The van der Waals surface area contributed by atoms with Gasteiger partial charge in [0.05, 0.1) is 0 Å². The predicted molar refractivity (Wildman–Crippen MR) is 148 cm³/mol. The Morgan fingerprint density at radius 3 is 1.51 bits per heavy atom. The van der Waals surface area contributed by atoms with Gasteiger partial charge in [0, 0.05) is 12.0 Å². The third-order valence-electron chi connectivity index (χ3n) is 7.43. The molecule has 0 saturated heterocycles. The zero-order valence-electron chi connectivity index (χ0n) is 21.4. The molecule has 1 aliphatic carbocycles. The average molecular weight is 467 g/mol. The second kappa shape index (κ2) is 12.2. The van der Waals surface area contributed by atoms with Gasteiger partial charge in [-0.1, -0.05) is 118 Å². The monoisotopic (exact) mass is 466 g/mol. The van der Waals surface area contributed by atoms with Crippen LogP contribution in [0.15, 0.2) is 96.8 Å². The summed E-state index contributed by atoms with van der Waals surface area (Å²) in [6, 6.07) is 28.0. The molecule has 0 unspecified atom stereocenters. The first-order chi connectivity index (χ1) is 17.1. The first-order valence-corrected chi connectivity index (χ1v) is 13.4. The minimum absolute atomic E-state index is 0.0234. The second-order valence-corrected chi connectivity index (χ2v) is 10.2. The van der Waals surface area contributed by atoms with Gasteiger partial charge < -0.3 is 0 Å². The summed E-state index contributed by atoms with van der Waals surface area (Å²) in [5, 5.41) is 0. The second-order valence-electron chi connectivity index (χ2n) is 10.2. The van der Waals surface area contributed by atoms with Crippen molar-refractivity contribution in [3.8, 4) is 0 Å². The number of halogens is 1. The van der Waals surface area contributed by atoms with Crippen molar-refractivity contribution in [3.63, 3.8) is 0 Å². The van der Waals surface area contributed by atoms with E-state index in [1.54, 1.807) is 0 Å². The van der Waals surface area contributed by atoms with Crippen molar-refractivity contribution in [1.29, 1.82) is 0 Å². The quantitative estimate of drug-likeness (QED) is 0.264. The van der Waals surface area contributed by atoms with Crippen molar-refractivity contribution < 1.29 is 4.39 Å². The molecule has 0 bridgehead atoms. The summed E-state index contributed by atoms with van der Waals surface area (Å²) in [5.41, 5.74) is 7.04. The molecule has 4 rings (SSSR count). The van der Waals surface area contributed by atoms with Gasteiger partial charge in [0.1, 0.15) is 5.83 Å². The van der Waals surface area contributed by atoms with E-state index in [0.29, 0.717) is 6.42 Å². The fourth-order valence-corrected chi connectivity index (χ4v) is 5.26. The Hall–Kier alpha value is -2.93. The molecule has 3 aromatic carbocycles. The van der Waals surface area contributed by atoms with E-state index in [0.717, 1.165) is 49.7 Å². The van der Waals surface area contributed by atoms with Crippen molar-refractivity contribution >= 4 is 5.57 Å². The Labute approximate surface area is 211 Å². The first kappa shape index (κ1) is 25.2. The van der Waals surface area contributed by atoms with Gasteiger partial charge in [-0.2, -0.15) is 0 Å².